The summed E-state index contributed by atoms with van der Waals surface area (Å²) in [7, 11) is 0.491. The van der Waals surface area contributed by atoms with Crippen molar-refractivity contribution in [2.45, 2.75) is 38.5 Å². The molecule has 0 unspecified atom stereocenters. The highest BCUT2D eigenvalue weighted by Gasteiger charge is 2.33. The monoisotopic (exact) mass is 483 g/mol. The molecule has 0 aliphatic carbocycles. The van der Waals surface area contributed by atoms with Gasteiger partial charge >= 0.3 is 5.97 Å². The van der Waals surface area contributed by atoms with Gasteiger partial charge in [-0.15, -0.1) is 0 Å². The Hall–Kier alpha value is -2.66. The average molecular weight is 484 g/mol. The predicted octanol–water partition coefficient (Wildman–Crippen LogP) is 1.71. The molecule has 11 heteroatoms. The van der Waals surface area contributed by atoms with Gasteiger partial charge < -0.3 is 19.7 Å². The molecule has 1 aliphatic heterocycles. The summed E-state index contributed by atoms with van der Waals surface area (Å²) in [4.78, 5) is 38.9. The van der Waals surface area contributed by atoms with Gasteiger partial charge in [-0.25, -0.2) is 12.7 Å². The van der Waals surface area contributed by atoms with E-state index < -0.39 is 33.9 Å². The van der Waals surface area contributed by atoms with Crippen molar-refractivity contribution in [3.8, 4) is 5.75 Å². The third-order valence-corrected chi connectivity index (χ3v) is 7.14. The van der Waals surface area contributed by atoms with Gasteiger partial charge in [-0.2, -0.15) is 0 Å². The van der Waals surface area contributed by atoms with Crippen molar-refractivity contribution >= 4 is 33.5 Å². The summed E-state index contributed by atoms with van der Waals surface area (Å²) in [6, 6.07) is 4.10. The van der Waals surface area contributed by atoms with Crippen molar-refractivity contribution in [1.29, 1.82) is 0 Å². The number of sulfonamides is 1. The number of amides is 2. The molecule has 0 bridgehead atoms. The number of benzene rings is 1. The number of nitrogens with zero attached hydrogens (tertiary/aromatic N) is 2. The molecule has 1 aromatic rings. The first-order valence-electron chi connectivity index (χ1n) is 10.6. The van der Waals surface area contributed by atoms with E-state index >= 15 is 0 Å². The second-order valence-corrected chi connectivity index (χ2v) is 11.3. The summed E-state index contributed by atoms with van der Waals surface area (Å²) < 4.78 is 36.1. The van der Waals surface area contributed by atoms with Crippen LogP contribution in [0.15, 0.2) is 23.1 Å². The molecule has 33 heavy (non-hydrogen) atoms. The Labute approximate surface area is 195 Å². The van der Waals surface area contributed by atoms with Crippen LogP contribution >= 0.6 is 0 Å². The van der Waals surface area contributed by atoms with E-state index in [2.05, 4.69) is 5.32 Å². The van der Waals surface area contributed by atoms with Crippen LogP contribution in [0.3, 0.4) is 0 Å². The van der Waals surface area contributed by atoms with Crippen LogP contribution in [0.4, 0.5) is 5.69 Å². The number of hydrogen-bond donors (Lipinski definition) is 1. The second kappa shape index (κ2) is 10.5. The Bertz CT molecular complexity index is 992. The van der Waals surface area contributed by atoms with Crippen LogP contribution in [0.2, 0.25) is 0 Å². The van der Waals surface area contributed by atoms with Crippen LogP contribution in [-0.2, 0) is 29.1 Å². The molecule has 1 N–H and O–H groups in total. The van der Waals surface area contributed by atoms with E-state index in [-0.39, 0.29) is 28.2 Å². The number of ether oxygens (including phenoxy) is 2. The summed E-state index contributed by atoms with van der Waals surface area (Å²) >= 11 is 0. The van der Waals surface area contributed by atoms with Crippen LogP contribution in [0.1, 0.15) is 33.6 Å². The number of hydrogen-bond acceptors (Lipinski definition) is 7. The van der Waals surface area contributed by atoms with Gasteiger partial charge in [-0.05, 0) is 31.0 Å². The van der Waals surface area contributed by atoms with E-state index in [0.717, 1.165) is 4.31 Å². The zero-order valence-corrected chi connectivity index (χ0v) is 20.8. The zero-order valence-electron chi connectivity index (χ0n) is 20.0. The van der Waals surface area contributed by atoms with Crippen molar-refractivity contribution in [2.75, 3.05) is 46.2 Å². The minimum absolute atomic E-state index is 0.0165. The SMILES string of the molecule is COc1ccc(S(=O)(=O)N(C)C)cc1NC(=O)COC(=O)C1CCN(C(=O)C(C)(C)C)CC1. The maximum Gasteiger partial charge on any atom is 0.309 e. The minimum Gasteiger partial charge on any atom is -0.495 e. The first-order chi connectivity index (χ1) is 15.3. The minimum atomic E-state index is -3.71. The van der Waals surface area contributed by atoms with Gasteiger partial charge in [0.15, 0.2) is 6.61 Å². The van der Waals surface area contributed by atoms with E-state index in [4.69, 9.17) is 9.47 Å². The molecule has 10 nitrogen and oxygen atoms in total. The molecular formula is C22H33N3O7S. The molecule has 0 aromatic heterocycles. The maximum absolute atomic E-state index is 12.4. The fourth-order valence-electron chi connectivity index (χ4n) is 3.39. The van der Waals surface area contributed by atoms with Crippen molar-refractivity contribution in [2.24, 2.45) is 11.3 Å². The lowest BCUT2D eigenvalue weighted by molar-refractivity contribution is -0.155. The first-order valence-corrected chi connectivity index (χ1v) is 12.1. The van der Waals surface area contributed by atoms with Gasteiger partial charge in [-0.3, -0.25) is 14.4 Å². The van der Waals surface area contributed by atoms with Gasteiger partial charge in [0.25, 0.3) is 5.91 Å². The number of esters is 1. The lowest BCUT2D eigenvalue weighted by Gasteiger charge is -2.34. The second-order valence-electron chi connectivity index (χ2n) is 9.12. The predicted molar refractivity (Wildman–Crippen MR) is 122 cm³/mol. The molecule has 0 atom stereocenters. The quantitative estimate of drug-likeness (QED) is 0.586. The molecule has 1 saturated heterocycles. The number of methoxy groups -OCH3 is 1. The Morgan fingerprint density at radius 3 is 2.27 bits per heavy atom. The summed E-state index contributed by atoms with van der Waals surface area (Å²) in [5, 5.41) is 2.53. The number of anilines is 1. The van der Waals surface area contributed by atoms with Crippen LogP contribution in [0.25, 0.3) is 0 Å². The smallest absolute Gasteiger partial charge is 0.309 e. The van der Waals surface area contributed by atoms with Gasteiger partial charge in [-0.1, -0.05) is 20.8 Å². The van der Waals surface area contributed by atoms with E-state index in [1.807, 2.05) is 20.8 Å². The molecule has 2 rings (SSSR count). The topological polar surface area (TPSA) is 122 Å². The molecule has 0 radical (unpaired) electrons. The average Bonchev–Trinajstić information content (AvgIpc) is 2.76. The van der Waals surface area contributed by atoms with Gasteiger partial charge in [0.2, 0.25) is 15.9 Å². The number of carbonyl (C=O) groups excluding carboxylic acids is 3. The van der Waals surface area contributed by atoms with Crippen molar-refractivity contribution in [3.63, 3.8) is 0 Å². The third kappa shape index (κ3) is 6.67. The normalized spacial score (nSPS) is 15.3. The van der Waals surface area contributed by atoms with Crippen molar-refractivity contribution < 1.29 is 32.3 Å². The highest BCUT2D eigenvalue weighted by molar-refractivity contribution is 7.89. The zero-order chi connectivity index (χ0) is 25.0. The fourth-order valence-corrected chi connectivity index (χ4v) is 4.32. The molecule has 1 aliphatic rings. The van der Waals surface area contributed by atoms with Crippen molar-refractivity contribution in [1.82, 2.24) is 9.21 Å². The summed E-state index contributed by atoms with van der Waals surface area (Å²) in [6.07, 6.45) is 0.946. The Morgan fingerprint density at radius 1 is 1.15 bits per heavy atom. The molecule has 0 spiro atoms. The number of piperidine rings is 1. The van der Waals surface area contributed by atoms with Gasteiger partial charge in [0.05, 0.1) is 23.6 Å². The van der Waals surface area contributed by atoms with Gasteiger partial charge in [0, 0.05) is 32.6 Å². The number of carbonyl (C=O) groups is 3. The lowest BCUT2D eigenvalue weighted by Crippen LogP contribution is -2.45. The van der Waals surface area contributed by atoms with Crippen LogP contribution in [0.5, 0.6) is 5.75 Å². The fraction of sp³-hybridized carbons (Fsp3) is 0.591. The molecule has 2 amide bonds. The Kier molecular flexibility index (Phi) is 8.47. The van der Waals surface area contributed by atoms with E-state index in [1.54, 1.807) is 4.90 Å². The number of likely N-dealkylation sites (tertiary alicyclic amines) is 1. The van der Waals surface area contributed by atoms with Crippen LogP contribution in [-0.4, -0.2) is 76.3 Å². The van der Waals surface area contributed by atoms with Crippen molar-refractivity contribution in [3.05, 3.63) is 18.2 Å². The van der Waals surface area contributed by atoms with Gasteiger partial charge in [0.1, 0.15) is 5.75 Å². The third-order valence-electron chi connectivity index (χ3n) is 5.33. The molecule has 1 fully saturated rings. The molecule has 184 valence electrons. The molecular weight excluding hydrogens is 450 g/mol. The number of rotatable bonds is 7. The summed E-state index contributed by atoms with van der Waals surface area (Å²) in [6.45, 7) is 5.98. The molecule has 1 heterocycles. The summed E-state index contributed by atoms with van der Waals surface area (Å²) in [5.41, 5.74) is -0.328. The maximum atomic E-state index is 12.4. The molecule has 1 aromatic carbocycles. The van der Waals surface area contributed by atoms with E-state index in [9.17, 15) is 22.8 Å². The Morgan fingerprint density at radius 2 is 1.76 bits per heavy atom. The standard InChI is InChI=1S/C22H33N3O7S/c1-22(2,3)21(28)25-11-9-15(10-12-25)20(27)32-14-19(26)23-17-13-16(7-8-18(17)31-6)33(29,30)24(4)5/h7-8,13,15H,9-12,14H2,1-6H3,(H,23,26). The largest absolute Gasteiger partial charge is 0.495 e. The highest BCUT2D eigenvalue weighted by atomic mass is 32.2. The van der Waals surface area contributed by atoms with Crippen LogP contribution < -0.4 is 10.1 Å². The number of nitrogens with one attached hydrogen (secondary N) is 1. The summed E-state index contributed by atoms with van der Waals surface area (Å²) in [5.74, 6) is -1.19. The van der Waals surface area contributed by atoms with E-state index in [1.165, 1.54) is 39.4 Å². The lowest BCUT2D eigenvalue weighted by atomic mass is 9.91. The first kappa shape index (κ1) is 26.6. The molecule has 0 saturated carbocycles. The highest BCUT2D eigenvalue weighted by Crippen LogP contribution is 2.29. The van der Waals surface area contributed by atoms with Crippen LogP contribution in [0, 0.1) is 11.3 Å². The van der Waals surface area contributed by atoms with E-state index in [0.29, 0.717) is 25.9 Å². The Balaban J connectivity index is 1.94.